The van der Waals surface area contributed by atoms with Crippen LogP contribution in [0.5, 0.6) is 0 Å². The molecule has 0 saturated carbocycles. The molecule has 168 valence electrons. The highest BCUT2D eigenvalue weighted by molar-refractivity contribution is 7.92. The van der Waals surface area contributed by atoms with Crippen LogP contribution in [0.3, 0.4) is 0 Å². The van der Waals surface area contributed by atoms with Crippen molar-refractivity contribution in [3.05, 3.63) is 58.9 Å². The number of hydrogen-bond donors (Lipinski definition) is 2. The lowest BCUT2D eigenvalue weighted by Crippen LogP contribution is -2.38. The molecule has 2 N–H and O–H groups in total. The van der Waals surface area contributed by atoms with E-state index < -0.39 is 51.5 Å². The van der Waals surface area contributed by atoms with Crippen LogP contribution in [0.25, 0.3) is 0 Å². The first-order chi connectivity index (χ1) is 14.4. The average Bonchev–Trinajstić information content (AvgIpc) is 2.68. The Labute approximate surface area is 178 Å². The predicted molar refractivity (Wildman–Crippen MR) is 111 cm³/mol. The van der Waals surface area contributed by atoms with Crippen LogP contribution in [0.2, 0.25) is 0 Å². The standard InChI is InChI=1S/C20H22F3N3O4S/c1-4-9-26(11-17(27)24-15-8-7-14(21)18(22)19(15)23)20(28)13-6-5-12(2)16(10-13)25-31(3,29)30/h5-8,10,25H,4,9,11H2,1-3H3,(H,24,27). The Morgan fingerprint density at radius 1 is 1.03 bits per heavy atom. The number of halogens is 3. The monoisotopic (exact) mass is 457 g/mol. The lowest BCUT2D eigenvalue weighted by Gasteiger charge is -2.22. The van der Waals surface area contributed by atoms with E-state index in [9.17, 15) is 31.2 Å². The fourth-order valence-corrected chi connectivity index (χ4v) is 3.37. The van der Waals surface area contributed by atoms with E-state index in [1.165, 1.54) is 17.0 Å². The summed E-state index contributed by atoms with van der Waals surface area (Å²) in [5.74, 6) is -6.02. The second kappa shape index (κ2) is 9.82. The van der Waals surface area contributed by atoms with Gasteiger partial charge in [-0.1, -0.05) is 13.0 Å². The van der Waals surface area contributed by atoms with Gasteiger partial charge in [-0.25, -0.2) is 21.6 Å². The molecule has 2 rings (SSSR count). The molecule has 0 bridgehead atoms. The molecular formula is C20H22F3N3O4S. The van der Waals surface area contributed by atoms with Gasteiger partial charge in [0.25, 0.3) is 5.91 Å². The van der Waals surface area contributed by atoms with Crippen molar-refractivity contribution < 1.29 is 31.2 Å². The summed E-state index contributed by atoms with van der Waals surface area (Å²) in [5, 5.41) is 2.12. The van der Waals surface area contributed by atoms with Gasteiger partial charge in [-0.15, -0.1) is 0 Å². The van der Waals surface area contributed by atoms with Crippen molar-refractivity contribution >= 4 is 33.2 Å². The summed E-state index contributed by atoms with van der Waals surface area (Å²) in [6.45, 7) is 3.14. The van der Waals surface area contributed by atoms with Crippen molar-refractivity contribution in [2.45, 2.75) is 20.3 Å². The molecule has 0 aliphatic heterocycles. The van der Waals surface area contributed by atoms with Gasteiger partial charge in [-0.05, 0) is 43.2 Å². The molecule has 11 heteroatoms. The van der Waals surface area contributed by atoms with Crippen molar-refractivity contribution in [1.82, 2.24) is 4.90 Å². The Morgan fingerprint density at radius 2 is 1.71 bits per heavy atom. The Morgan fingerprint density at radius 3 is 2.32 bits per heavy atom. The highest BCUT2D eigenvalue weighted by atomic mass is 32.2. The third-order valence-electron chi connectivity index (χ3n) is 4.20. The van der Waals surface area contributed by atoms with E-state index in [0.29, 0.717) is 18.1 Å². The number of anilines is 2. The van der Waals surface area contributed by atoms with E-state index in [0.717, 1.165) is 12.3 Å². The number of rotatable bonds is 8. The fraction of sp³-hybridized carbons (Fsp3) is 0.300. The maximum Gasteiger partial charge on any atom is 0.254 e. The van der Waals surface area contributed by atoms with Crippen LogP contribution >= 0.6 is 0 Å². The van der Waals surface area contributed by atoms with Crippen LogP contribution in [0.15, 0.2) is 30.3 Å². The van der Waals surface area contributed by atoms with Crippen molar-refractivity contribution in [3.8, 4) is 0 Å². The summed E-state index contributed by atoms with van der Waals surface area (Å²) in [7, 11) is -3.57. The molecule has 0 saturated heterocycles. The van der Waals surface area contributed by atoms with Crippen LogP contribution in [0.4, 0.5) is 24.5 Å². The molecule has 2 amide bonds. The van der Waals surface area contributed by atoms with Gasteiger partial charge in [-0.2, -0.15) is 0 Å². The van der Waals surface area contributed by atoms with Gasteiger partial charge in [0, 0.05) is 12.1 Å². The van der Waals surface area contributed by atoms with Gasteiger partial charge in [0.05, 0.1) is 17.6 Å². The first-order valence-corrected chi connectivity index (χ1v) is 11.1. The minimum atomic E-state index is -3.57. The molecule has 0 spiro atoms. The highest BCUT2D eigenvalue weighted by Gasteiger charge is 2.21. The molecule has 7 nitrogen and oxygen atoms in total. The van der Waals surface area contributed by atoms with Crippen LogP contribution in [0, 0.1) is 24.4 Å². The second-order valence-corrected chi connectivity index (χ2v) is 8.65. The number of nitrogens with zero attached hydrogens (tertiary/aromatic N) is 1. The van der Waals surface area contributed by atoms with E-state index in [1.807, 2.05) is 0 Å². The molecular weight excluding hydrogens is 435 g/mol. The first kappa shape index (κ1) is 24.2. The third kappa shape index (κ3) is 6.45. The number of benzene rings is 2. The van der Waals surface area contributed by atoms with Crippen molar-refractivity contribution in [2.24, 2.45) is 0 Å². The van der Waals surface area contributed by atoms with E-state index in [4.69, 9.17) is 0 Å². The Kier molecular flexibility index (Phi) is 7.66. The van der Waals surface area contributed by atoms with Gasteiger partial charge in [0.2, 0.25) is 15.9 Å². The zero-order valence-corrected chi connectivity index (χ0v) is 17.9. The summed E-state index contributed by atoms with van der Waals surface area (Å²) in [6.07, 6.45) is 1.48. The van der Waals surface area contributed by atoms with E-state index in [1.54, 1.807) is 19.9 Å². The fourth-order valence-electron chi connectivity index (χ4n) is 2.76. The number of carbonyl (C=O) groups excluding carboxylic acids is 2. The molecule has 0 fully saturated rings. The molecule has 0 unspecified atom stereocenters. The molecule has 0 aliphatic rings. The summed E-state index contributed by atoms with van der Waals surface area (Å²) in [6, 6.07) is 5.95. The summed E-state index contributed by atoms with van der Waals surface area (Å²) < 4.78 is 65.5. The molecule has 2 aromatic carbocycles. The molecule has 0 aromatic heterocycles. The van der Waals surface area contributed by atoms with Gasteiger partial charge in [0.1, 0.15) is 6.54 Å². The van der Waals surface area contributed by atoms with E-state index in [2.05, 4.69) is 10.0 Å². The van der Waals surface area contributed by atoms with Gasteiger partial charge >= 0.3 is 0 Å². The highest BCUT2D eigenvalue weighted by Crippen LogP contribution is 2.21. The molecule has 2 aromatic rings. The minimum absolute atomic E-state index is 0.136. The molecule has 0 heterocycles. The van der Waals surface area contributed by atoms with Crippen molar-refractivity contribution in [1.29, 1.82) is 0 Å². The summed E-state index contributed by atoms with van der Waals surface area (Å²) in [4.78, 5) is 26.4. The smallest absolute Gasteiger partial charge is 0.254 e. The van der Waals surface area contributed by atoms with Crippen LogP contribution in [-0.4, -0.2) is 44.5 Å². The minimum Gasteiger partial charge on any atom is -0.329 e. The predicted octanol–water partition coefficient (Wildman–Crippen LogP) is 3.27. The maximum absolute atomic E-state index is 13.8. The van der Waals surface area contributed by atoms with E-state index in [-0.39, 0.29) is 17.8 Å². The van der Waals surface area contributed by atoms with Crippen LogP contribution in [-0.2, 0) is 14.8 Å². The van der Waals surface area contributed by atoms with Crippen LogP contribution < -0.4 is 10.0 Å². The van der Waals surface area contributed by atoms with Crippen molar-refractivity contribution in [2.75, 3.05) is 29.4 Å². The summed E-state index contributed by atoms with van der Waals surface area (Å²) >= 11 is 0. The van der Waals surface area contributed by atoms with Crippen LogP contribution in [0.1, 0.15) is 29.3 Å². The third-order valence-corrected chi connectivity index (χ3v) is 4.80. The quantitative estimate of drug-likeness (QED) is 0.595. The maximum atomic E-state index is 13.8. The van der Waals surface area contributed by atoms with Crippen molar-refractivity contribution in [3.63, 3.8) is 0 Å². The number of carbonyl (C=O) groups is 2. The van der Waals surface area contributed by atoms with Gasteiger partial charge < -0.3 is 10.2 Å². The van der Waals surface area contributed by atoms with E-state index >= 15 is 0 Å². The number of amides is 2. The number of nitrogens with one attached hydrogen (secondary N) is 2. The molecule has 0 atom stereocenters. The molecule has 0 aliphatic carbocycles. The molecule has 0 radical (unpaired) electrons. The summed E-state index contributed by atoms with van der Waals surface area (Å²) in [5.41, 5.74) is 0.397. The van der Waals surface area contributed by atoms with Gasteiger partial charge in [0.15, 0.2) is 17.5 Å². The van der Waals surface area contributed by atoms with Gasteiger partial charge in [-0.3, -0.25) is 14.3 Å². The zero-order valence-electron chi connectivity index (χ0n) is 17.1. The first-order valence-electron chi connectivity index (χ1n) is 9.24. The SMILES string of the molecule is CCCN(CC(=O)Nc1ccc(F)c(F)c1F)C(=O)c1ccc(C)c(NS(C)(=O)=O)c1. The Balaban J connectivity index is 2.22. The Bertz CT molecular complexity index is 1110. The Hall–Kier alpha value is -3.08. The normalized spacial score (nSPS) is 11.2. The largest absolute Gasteiger partial charge is 0.329 e. The lowest BCUT2D eigenvalue weighted by atomic mass is 10.1. The average molecular weight is 457 g/mol. The zero-order chi connectivity index (χ0) is 23.3. The topological polar surface area (TPSA) is 95.6 Å². The number of hydrogen-bond acceptors (Lipinski definition) is 4. The lowest BCUT2D eigenvalue weighted by molar-refractivity contribution is -0.116. The number of aryl methyl sites for hydroxylation is 1. The number of sulfonamides is 1. The second-order valence-electron chi connectivity index (χ2n) is 6.90. The molecule has 31 heavy (non-hydrogen) atoms.